The highest BCUT2D eigenvalue weighted by Crippen LogP contribution is 2.25. The van der Waals surface area contributed by atoms with Crippen LogP contribution in [0.1, 0.15) is 33.6 Å². The highest BCUT2D eigenvalue weighted by atomic mass is 32.2. The van der Waals surface area contributed by atoms with E-state index in [9.17, 15) is 18.4 Å². The SMILES string of the molecule is O=C(NC1CCOCC1)c1ccc(SNc2cc(F)c(C(=O)O)cc2F)nc1. The third-order valence-electron chi connectivity index (χ3n) is 4.11. The van der Waals surface area contributed by atoms with Gasteiger partial charge in [-0.15, -0.1) is 0 Å². The highest BCUT2D eigenvalue weighted by molar-refractivity contribution is 8.00. The molecule has 0 atom stereocenters. The molecule has 1 aliphatic rings. The number of amides is 1. The van der Waals surface area contributed by atoms with Crippen LogP contribution >= 0.6 is 11.9 Å². The van der Waals surface area contributed by atoms with Crippen LogP contribution in [0.25, 0.3) is 0 Å². The van der Waals surface area contributed by atoms with Gasteiger partial charge >= 0.3 is 5.97 Å². The topological polar surface area (TPSA) is 101 Å². The van der Waals surface area contributed by atoms with Crippen LogP contribution in [0.5, 0.6) is 0 Å². The van der Waals surface area contributed by atoms with E-state index in [0.717, 1.165) is 30.9 Å². The number of pyridine rings is 1. The quantitative estimate of drug-likeness (QED) is 0.631. The molecule has 10 heteroatoms. The number of anilines is 1. The van der Waals surface area contributed by atoms with Crippen molar-refractivity contribution in [3.8, 4) is 0 Å². The van der Waals surface area contributed by atoms with Crippen LogP contribution < -0.4 is 10.0 Å². The third-order valence-corrected chi connectivity index (χ3v) is 4.88. The molecule has 1 aliphatic heterocycles. The first kappa shape index (κ1) is 20.0. The monoisotopic (exact) mass is 409 g/mol. The number of benzene rings is 1. The Bertz CT molecular complexity index is 874. The largest absolute Gasteiger partial charge is 0.478 e. The van der Waals surface area contributed by atoms with Gasteiger partial charge in [-0.1, -0.05) is 0 Å². The van der Waals surface area contributed by atoms with Crippen LogP contribution in [0.3, 0.4) is 0 Å². The Labute approximate surface area is 163 Å². The molecule has 1 fully saturated rings. The van der Waals surface area contributed by atoms with Crippen LogP contribution in [0.2, 0.25) is 0 Å². The fourth-order valence-corrected chi connectivity index (χ4v) is 3.19. The summed E-state index contributed by atoms with van der Waals surface area (Å²) in [7, 11) is 0. The van der Waals surface area contributed by atoms with Crippen LogP contribution in [-0.2, 0) is 4.74 Å². The summed E-state index contributed by atoms with van der Waals surface area (Å²) >= 11 is 0.903. The summed E-state index contributed by atoms with van der Waals surface area (Å²) in [5.41, 5.74) is -0.569. The van der Waals surface area contributed by atoms with Gasteiger partial charge in [0.2, 0.25) is 0 Å². The van der Waals surface area contributed by atoms with Crippen molar-refractivity contribution in [2.75, 3.05) is 17.9 Å². The first-order chi connectivity index (χ1) is 13.4. The molecule has 1 saturated heterocycles. The van der Waals surface area contributed by atoms with Gasteiger partial charge in [0.25, 0.3) is 5.91 Å². The van der Waals surface area contributed by atoms with Gasteiger partial charge in [0.15, 0.2) is 0 Å². The van der Waals surface area contributed by atoms with Crippen molar-refractivity contribution >= 4 is 29.5 Å². The molecule has 1 aromatic heterocycles. The summed E-state index contributed by atoms with van der Waals surface area (Å²) in [6, 6.07) is 4.59. The maximum atomic E-state index is 13.9. The zero-order chi connectivity index (χ0) is 20.1. The zero-order valence-corrected chi connectivity index (χ0v) is 15.4. The predicted octanol–water partition coefficient (Wildman–Crippen LogP) is 3.09. The Balaban J connectivity index is 1.59. The zero-order valence-electron chi connectivity index (χ0n) is 14.6. The summed E-state index contributed by atoms with van der Waals surface area (Å²) < 4.78 is 35.4. The average Bonchev–Trinajstić information content (AvgIpc) is 2.69. The molecule has 2 aromatic rings. The van der Waals surface area contributed by atoms with E-state index < -0.39 is 23.2 Å². The average molecular weight is 409 g/mol. The number of aromatic carboxylic acids is 1. The number of ether oxygens (including phenoxy) is 1. The Kier molecular flexibility index (Phi) is 6.42. The molecule has 3 N–H and O–H groups in total. The Morgan fingerprint density at radius 1 is 1.18 bits per heavy atom. The number of hydrogen-bond acceptors (Lipinski definition) is 6. The Hall–Kier alpha value is -2.72. The Morgan fingerprint density at radius 2 is 1.93 bits per heavy atom. The minimum atomic E-state index is -1.55. The molecule has 7 nitrogen and oxygen atoms in total. The predicted molar refractivity (Wildman–Crippen MR) is 98.3 cm³/mol. The summed E-state index contributed by atoms with van der Waals surface area (Å²) in [6.07, 6.45) is 2.92. The van der Waals surface area contributed by atoms with Gasteiger partial charge in [0.1, 0.15) is 16.7 Å². The molecule has 148 valence electrons. The van der Waals surface area contributed by atoms with Crippen molar-refractivity contribution in [3.63, 3.8) is 0 Å². The molecule has 3 rings (SSSR count). The summed E-state index contributed by atoms with van der Waals surface area (Å²) in [5.74, 6) is -3.74. The van der Waals surface area contributed by atoms with Gasteiger partial charge < -0.3 is 19.9 Å². The lowest BCUT2D eigenvalue weighted by molar-refractivity contribution is 0.0685. The maximum Gasteiger partial charge on any atom is 0.338 e. The number of halogens is 2. The van der Waals surface area contributed by atoms with Crippen LogP contribution in [0.15, 0.2) is 35.5 Å². The Morgan fingerprint density at radius 3 is 2.57 bits per heavy atom. The van der Waals surface area contributed by atoms with E-state index >= 15 is 0 Å². The smallest absolute Gasteiger partial charge is 0.338 e. The number of hydrogen-bond donors (Lipinski definition) is 3. The number of carboxylic acids is 1. The first-order valence-corrected chi connectivity index (χ1v) is 9.25. The molecular formula is C18H17F2N3O4S. The van der Waals surface area contributed by atoms with E-state index in [1.807, 2.05) is 0 Å². The molecule has 0 bridgehead atoms. The molecule has 1 aromatic carbocycles. The second kappa shape index (κ2) is 8.98. The van der Waals surface area contributed by atoms with Crippen molar-refractivity contribution in [3.05, 3.63) is 53.2 Å². The molecule has 0 saturated carbocycles. The number of carbonyl (C=O) groups is 2. The lowest BCUT2D eigenvalue weighted by Crippen LogP contribution is -2.38. The summed E-state index contributed by atoms with van der Waals surface area (Å²) in [5, 5.41) is 12.1. The molecule has 0 radical (unpaired) electrons. The minimum absolute atomic E-state index is 0.0728. The normalized spacial score (nSPS) is 14.5. The lowest BCUT2D eigenvalue weighted by atomic mass is 10.1. The van der Waals surface area contributed by atoms with Gasteiger partial charge in [-0.05, 0) is 31.0 Å². The first-order valence-electron chi connectivity index (χ1n) is 8.44. The van der Waals surface area contributed by atoms with Crippen molar-refractivity contribution in [1.29, 1.82) is 0 Å². The fraction of sp³-hybridized carbons (Fsp3) is 0.278. The van der Waals surface area contributed by atoms with Gasteiger partial charge in [-0.2, -0.15) is 0 Å². The van der Waals surface area contributed by atoms with Crippen molar-refractivity contribution in [2.24, 2.45) is 0 Å². The standard InChI is InChI=1S/C18H17F2N3O4S/c19-13-8-15(14(20)7-12(13)18(25)26)23-28-16-2-1-10(9-21-16)17(24)22-11-3-5-27-6-4-11/h1-2,7-9,11,23H,3-6H2,(H,22,24)(H,25,26). The van der Waals surface area contributed by atoms with Crippen LogP contribution in [0, 0.1) is 11.6 Å². The number of nitrogens with zero attached hydrogens (tertiary/aromatic N) is 1. The van der Waals surface area contributed by atoms with Gasteiger partial charge in [0, 0.05) is 43.5 Å². The summed E-state index contributed by atoms with van der Waals surface area (Å²) in [6.45, 7) is 1.24. The molecule has 1 amide bonds. The van der Waals surface area contributed by atoms with E-state index in [2.05, 4.69) is 15.0 Å². The minimum Gasteiger partial charge on any atom is -0.478 e. The molecule has 2 heterocycles. The number of nitrogens with one attached hydrogen (secondary N) is 2. The fourth-order valence-electron chi connectivity index (χ4n) is 2.58. The van der Waals surface area contributed by atoms with Crippen molar-refractivity contribution < 1.29 is 28.2 Å². The number of rotatable bonds is 6. The van der Waals surface area contributed by atoms with Crippen molar-refractivity contribution in [1.82, 2.24) is 10.3 Å². The molecule has 0 spiro atoms. The van der Waals surface area contributed by atoms with E-state index in [4.69, 9.17) is 9.84 Å². The number of aromatic nitrogens is 1. The second-order valence-corrected chi connectivity index (χ2v) is 6.89. The molecular weight excluding hydrogens is 392 g/mol. The van der Waals surface area contributed by atoms with E-state index in [0.29, 0.717) is 29.9 Å². The second-order valence-electron chi connectivity index (χ2n) is 6.07. The number of carboxylic acid groups (broad SMARTS) is 1. The van der Waals surface area contributed by atoms with Crippen LogP contribution in [-0.4, -0.2) is 41.2 Å². The lowest BCUT2D eigenvalue weighted by Gasteiger charge is -2.23. The molecule has 0 unspecified atom stereocenters. The maximum absolute atomic E-state index is 13.9. The molecule has 0 aliphatic carbocycles. The highest BCUT2D eigenvalue weighted by Gasteiger charge is 2.18. The van der Waals surface area contributed by atoms with Gasteiger partial charge in [-0.25, -0.2) is 18.6 Å². The van der Waals surface area contributed by atoms with Crippen molar-refractivity contribution in [2.45, 2.75) is 23.9 Å². The van der Waals surface area contributed by atoms with E-state index in [-0.39, 0.29) is 17.6 Å². The van der Waals surface area contributed by atoms with E-state index in [1.54, 1.807) is 12.1 Å². The van der Waals surface area contributed by atoms with Gasteiger partial charge in [-0.3, -0.25) is 4.79 Å². The van der Waals surface area contributed by atoms with Gasteiger partial charge in [0.05, 0.1) is 16.8 Å². The summed E-state index contributed by atoms with van der Waals surface area (Å²) in [4.78, 5) is 27.1. The molecule has 28 heavy (non-hydrogen) atoms. The van der Waals surface area contributed by atoms with E-state index in [1.165, 1.54) is 6.20 Å². The van der Waals surface area contributed by atoms with Crippen LogP contribution in [0.4, 0.5) is 14.5 Å². The third kappa shape index (κ3) is 4.96. The number of carbonyl (C=O) groups excluding carboxylic acids is 1.